The fraction of sp³-hybridized carbons (Fsp3) is 0.240. The van der Waals surface area contributed by atoms with E-state index in [1.165, 1.54) is 12.4 Å². The van der Waals surface area contributed by atoms with Crippen LogP contribution in [0.4, 0.5) is 28.7 Å². The molecule has 0 atom stereocenters. The first-order valence-electron chi connectivity index (χ1n) is 11.0. The summed E-state index contributed by atoms with van der Waals surface area (Å²) in [5, 5.41) is 9.64. The van der Waals surface area contributed by atoms with Gasteiger partial charge in [-0.15, -0.1) is 0 Å². The van der Waals surface area contributed by atoms with Gasteiger partial charge in [-0.1, -0.05) is 18.2 Å². The third kappa shape index (κ3) is 7.24. The van der Waals surface area contributed by atoms with Gasteiger partial charge in [0.05, 0.1) is 30.6 Å². The summed E-state index contributed by atoms with van der Waals surface area (Å²) in [7, 11) is 7.00. The molecule has 0 aliphatic rings. The molecular formula is C25H29ClN6O4. The van der Waals surface area contributed by atoms with Gasteiger partial charge in [-0.25, -0.2) is 9.97 Å². The Morgan fingerprint density at radius 3 is 2.36 bits per heavy atom. The molecule has 11 heteroatoms. The molecule has 3 N–H and O–H groups in total. The zero-order valence-electron chi connectivity index (χ0n) is 20.6. The first-order chi connectivity index (χ1) is 17.3. The van der Waals surface area contributed by atoms with E-state index in [0.29, 0.717) is 58.4 Å². The van der Waals surface area contributed by atoms with Crippen LogP contribution in [0.25, 0.3) is 0 Å². The maximum Gasteiger partial charge on any atom is 0.247 e. The number of nitrogens with one attached hydrogen (secondary N) is 3. The minimum Gasteiger partial charge on any atom is -0.495 e. The maximum atomic E-state index is 12.0. The topological polar surface area (TPSA) is 110 Å². The Kier molecular flexibility index (Phi) is 9.32. The lowest BCUT2D eigenvalue weighted by Gasteiger charge is -2.18. The third-order valence-electron chi connectivity index (χ3n) is 4.90. The molecule has 36 heavy (non-hydrogen) atoms. The van der Waals surface area contributed by atoms with Crippen LogP contribution >= 0.6 is 11.6 Å². The van der Waals surface area contributed by atoms with Crippen LogP contribution < -0.4 is 30.2 Å². The van der Waals surface area contributed by atoms with Gasteiger partial charge in [0.15, 0.2) is 0 Å². The number of halogens is 1. The molecule has 1 heterocycles. The number of hydrogen-bond donors (Lipinski definition) is 3. The molecule has 3 aromatic rings. The van der Waals surface area contributed by atoms with E-state index in [2.05, 4.69) is 32.5 Å². The monoisotopic (exact) mass is 512 g/mol. The van der Waals surface area contributed by atoms with Crippen LogP contribution in [0.2, 0.25) is 5.02 Å². The van der Waals surface area contributed by atoms with E-state index in [4.69, 9.17) is 25.8 Å². The van der Waals surface area contributed by atoms with Gasteiger partial charge in [0.1, 0.15) is 41.8 Å². The van der Waals surface area contributed by atoms with Crippen molar-refractivity contribution >= 4 is 46.2 Å². The zero-order valence-corrected chi connectivity index (χ0v) is 21.3. The molecule has 0 aliphatic heterocycles. The first kappa shape index (κ1) is 26.6. The zero-order chi connectivity index (χ0) is 26.1. The predicted octanol–water partition coefficient (Wildman–Crippen LogP) is 4.70. The summed E-state index contributed by atoms with van der Waals surface area (Å²) in [5.74, 6) is 2.21. The molecule has 3 rings (SSSR count). The molecule has 0 bridgehead atoms. The normalized spacial score (nSPS) is 10.5. The van der Waals surface area contributed by atoms with Crippen molar-refractivity contribution in [1.29, 1.82) is 0 Å². The number of benzene rings is 2. The molecule has 10 nitrogen and oxygen atoms in total. The molecule has 1 aromatic heterocycles. The Morgan fingerprint density at radius 1 is 1.00 bits per heavy atom. The summed E-state index contributed by atoms with van der Waals surface area (Å²) in [6.07, 6.45) is 2.61. The largest absolute Gasteiger partial charge is 0.495 e. The highest BCUT2D eigenvalue weighted by Gasteiger charge is 2.15. The molecular weight excluding hydrogens is 484 g/mol. The van der Waals surface area contributed by atoms with Crippen molar-refractivity contribution in [2.45, 2.75) is 0 Å². The quantitative estimate of drug-likeness (QED) is 0.297. The highest BCUT2D eigenvalue weighted by Crippen LogP contribution is 2.38. The maximum absolute atomic E-state index is 12.0. The minimum atomic E-state index is -0.366. The predicted molar refractivity (Wildman–Crippen MR) is 142 cm³/mol. The number of ether oxygens (including phenoxy) is 3. The van der Waals surface area contributed by atoms with E-state index < -0.39 is 0 Å². The first-order valence-corrected chi connectivity index (χ1v) is 11.3. The number of carbonyl (C=O) groups is 1. The van der Waals surface area contributed by atoms with E-state index in [1.807, 2.05) is 25.1 Å². The number of methoxy groups -OCH3 is 2. The van der Waals surface area contributed by atoms with Crippen LogP contribution in [0.15, 0.2) is 55.4 Å². The lowest BCUT2D eigenvalue weighted by molar-refractivity contribution is -0.111. The fourth-order valence-corrected chi connectivity index (χ4v) is 3.35. The second-order valence-electron chi connectivity index (χ2n) is 7.78. The van der Waals surface area contributed by atoms with Crippen molar-refractivity contribution in [1.82, 2.24) is 14.9 Å². The van der Waals surface area contributed by atoms with Gasteiger partial charge in [0, 0.05) is 24.4 Å². The fourth-order valence-electron chi connectivity index (χ4n) is 3.09. The number of carbonyl (C=O) groups excluding carboxylic acids is 1. The van der Waals surface area contributed by atoms with Gasteiger partial charge >= 0.3 is 0 Å². The van der Waals surface area contributed by atoms with Crippen molar-refractivity contribution < 1.29 is 19.0 Å². The molecule has 0 fully saturated rings. The molecule has 1 amide bonds. The molecule has 0 saturated carbocycles. The molecule has 0 radical (unpaired) electrons. The van der Waals surface area contributed by atoms with Crippen molar-refractivity contribution in [2.24, 2.45) is 0 Å². The Morgan fingerprint density at radius 2 is 1.72 bits per heavy atom. The molecule has 190 valence electrons. The number of amides is 1. The van der Waals surface area contributed by atoms with Crippen molar-refractivity contribution in [3.8, 4) is 17.2 Å². The van der Waals surface area contributed by atoms with E-state index in [1.54, 1.807) is 44.6 Å². The van der Waals surface area contributed by atoms with E-state index in [9.17, 15) is 4.79 Å². The summed E-state index contributed by atoms with van der Waals surface area (Å²) in [6.45, 7) is 4.64. The smallest absolute Gasteiger partial charge is 0.247 e. The summed E-state index contributed by atoms with van der Waals surface area (Å²) in [6, 6.07) is 10.5. The van der Waals surface area contributed by atoms with E-state index in [0.717, 1.165) is 5.69 Å². The van der Waals surface area contributed by atoms with Gasteiger partial charge in [-0.3, -0.25) is 4.79 Å². The van der Waals surface area contributed by atoms with Crippen LogP contribution in [0.1, 0.15) is 0 Å². The van der Waals surface area contributed by atoms with Crippen molar-refractivity contribution in [2.75, 3.05) is 57.4 Å². The summed E-state index contributed by atoms with van der Waals surface area (Å²) in [5.41, 5.74) is 1.76. The number of anilines is 5. The Balaban J connectivity index is 1.86. The average molecular weight is 513 g/mol. The van der Waals surface area contributed by atoms with E-state index in [-0.39, 0.29) is 5.91 Å². The number of likely N-dealkylation sites (N-methyl/N-ethyl adjacent to an activating group) is 1. The Labute approximate surface area is 215 Å². The van der Waals surface area contributed by atoms with Gasteiger partial charge < -0.3 is 35.1 Å². The lowest BCUT2D eigenvalue weighted by atomic mass is 10.2. The Hall–Kier alpha value is -4.02. The van der Waals surface area contributed by atoms with Crippen LogP contribution in [0.3, 0.4) is 0 Å². The molecule has 2 aromatic carbocycles. The second kappa shape index (κ2) is 12.6. The van der Waals surface area contributed by atoms with Crippen molar-refractivity contribution in [3.63, 3.8) is 0 Å². The van der Waals surface area contributed by atoms with Gasteiger partial charge in [-0.2, -0.15) is 0 Å². The second-order valence-corrected chi connectivity index (χ2v) is 8.19. The lowest BCUT2D eigenvalue weighted by Crippen LogP contribution is -2.20. The number of hydrogen-bond acceptors (Lipinski definition) is 9. The van der Waals surface area contributed by atoms with Crippen molar-refractivity contribution in [3.05, 3.63) is 60.4 Å². The third-order valence-corrected chi connectivity index (χ3v) is 5.19. The highest BCUT2D eigenvalue weighted by molar-refractivity contribution is 6.32. The molecule has 0 saturated heterocycles. The van der Waals surface area contributed by atoms with E-state index >= 15 is 0 Å². The highest BCUT2D eigenvalue weighted by atomic mass is 35.5. The van der Waals surface area contributed by atoms with Crippen LogP contribution in [-0.2, 0) is 4.79 Å². The van der Waals surface area contributed by atoms with Gasteiger partial charge in [-0.05, 0) is 44.4 Å². The van der Waals surface area contributed by atoms with Gasteiger partial charge in [0.25, 0.3) is 0 Å². The standard InChI is InChI=1S/C25H29ClN6O4/c1-6-25(33)31-19-12-18(21(35-5)13-22(19)36-10-9-32(2)3)30-24-14-23(27-15-28-24)29-16-7-8-20(34-4)17(26)11-16/h6-8,11-15H,1,9-10H2,2-5H3,(H,31,33)(H2,27,28,29,30). The number of nitrogens with zero attached hydrogens (tertiary/aromatic N) is 3. The molecule has 0 unspecified atom stereocenters. The summed E-state index contributed by atoms with van der Waals surface area (Å²) in [4.78, 5) is 22.6. The molecule has 0 aliphatic carbocycles. The molecule has 0 spiro atoms. The summed E-state index contributed by atoms with van der Waals surface area (Å²) >= 11 is 6.22. The average Bonchev–Trinajstić information content (AvgIpc) is 2.85. The summed E-state index contributed by atoms with van der Waals surface area (Å²) < 4.78 is 16.6. The van der Waals surface area contributed by atoms with Crippen LogP contribution in [-0.4, -0.2) is 62.2 Å². The van der Waals surface area contributed by atoms with Crippen LogP contribution in [0.5, 0.6) is 17.2 Å². The SMILES string of the molecule is C=CC(=O)Nc1cc(Nc2cc(Nc3ccc(OC)c(Cl)c3)ncn2)c(OC)cc1OCCN(C)C. The van der Waals surface area contributed by atoms with Gasteiger partial charge in [0.2, 0.25) is 5.91 Å². The number of rotatable bonds is 12. The Bertz CT molecular complexity index is 1220. The number of aromatic nitrogens is 2. The minimum absolute atomic E-state index is 0.366. The van der Waals surface area contributed by atoms with Crippen LogP contribution in [0, 0.1) is 0 Å².